The number of hydrogen-bond donors (Lipinski definition) is 1. The Bertz CT molecular complexity index is 665. The van der Waals surface area contributed by atoms with E-state index >= 15 is 0 Å². The standard InChI is InChI=1S/C19H29NO3S/c1-18(12-13-24(22,23)15-18)20(2)14-19(21)10-8-17(9-11-19)16-6-4-3-5-7-16/h3-7,17,21H,8-15H2,1-2H3. The van der Waals surface area contributed by atoms with Crippen LogP contribution in [0.3, 0.4) is 0 Å². The molecule has 1 aromatic rings. The Morgan fingerprint density at radius 1 is 1.17 bits per heavy atom. The molecule has 1 atom stereocenters. The molecule has 1 aromatic carbocycles. The SMILES string of the molecule is CN(CC1(O)CCC(c2ccccc2)CC1)C1(C)CCS(=O)(=O)C1. The Balaban J connectivity index is 1.60. The minimum absolute atomic E-state index is 0.208. The highest BCUT2D eigenvalue weighted by atomic mass is 32.2. The van der Waals surface area contributed by atoms with E-state index in [1.807, 2.05) is 20.0 Å². The van der Waals surface area contributed by atoms with Crippen LogP contribution in [0.25, 0.3) is 0 Å². The summed E-state index contributed by atoms with van der Waals surface area (Å²) in [6.07, 6.45) is 4.20. The lowest BCUT2D eigenvalue weighted by Gasteiger charge is -2.43. The maximum absolute atomic E-state index is 11.8. The molecule has 1 heterocycles. The van der Waals surface area contributed by atoms with Gasteiger partial charge in [0.05, 0.1) is 17.1 Å². The molecule has 0 aromatic heterocycles. The summed E-state index contributed by atoms with van der Waals surface area (Å²) in [7, 11) is -0.967. The van der Waals surface area contributed by atoms with Crippen molar-refractivity contribution in [3.8, 4) is 0 Å². The van der Waals surface area contributed by atoms with Crippen LogP contribution < -0.4 is 0 Å². The molecule has 2 aliphatic rings. The fourth-order valence-corrected chi connectivity index (χ4v) is 6.51. The van der Waals surface area contributed by atoms with Gasteiger partial charge >= 0.3 is 0 Å². The van der Waals surface area contributed by atoms with Gasteiger partial charge in [0, 0.05) is 12.1 Å². The molecule has 1 N–H and O–H groups in total. The Morgan fingerprint density at radius 3 is 2.33 bits per heavy atom. The predicted octanol–water partition coefficient (Wildman–Crippen LogP) is 2.58. The lowest BCUT2D eigenvalue weighted by molar-refractivity contribution is -0.0432. The summed E-state index contributed by atoms with van der Waals surface area (Å²) in [5.74, 6) is 1.00. The number of nitrogens with zero attached hydrogens (tertiary/aromatic N) is 1. The molecule has 0 bridgehead atoms. The fourth-order valence-electron chi connectivity index (χ4n) is 4.30. The van der Waals surface area contributed by atoms with Gasteiger partial charge in [-0.05, 0) is 57.6 Å². The minimum Gasteiger partial charge on any atom is -0.389 e. The predicted molar refractivity (Wildman–Crippen MR) is 96.9 cm³/mol. The summed E-state index contributed by atoms with van der Waals surface area (Å²) in [6, 6.07) is 10.5. The van der Waals surface area contributed by atoms with Gasteiger partial charge in [0.15, 0.2) is 9.84 Å². The molecule has 0 spiro atoms. The maximum atomic E-state index is 11.8. The van der Waals surface area contributed by atoms with E-state index in [0.29, 0.717) is 18.9 Å². The number of β-amino-alcohol motifs (C(OH)–C–C–N with tert-alkyl or cyclic N) is 1. The van der Waals surface area contributed by atoms with Crippen LogP contribution in [0.1, 0.15) is 50.5 Å². The Labute approximate surface area is 145 Å². The summed E-state index contributed by atoms with van der Waals surface area (Å²) in [5, 5.41) is 11.0. The molecule has 1 saturated heterocycles. The molecular weight excluding hydrogens is 322 g/mol. The van der Waals surface area contributed by atoms with Crippen LogP contribution in [-0.4, -0.2) is 54.7 Å². The lowest BCUT2D eigenvalue weighted by Crippen LogP contribution is -2.53. The second kappa shape index (κ2) is 6.43. The zero-order chi connectivity index (χ0) is 17.4. The first-order valence-electron chi connectivity index (χ1n) is 8.90. The van der Waals surface area contributed by atoms with Gasteiger partial charge < -0.3 is 5.11 Å². The number of aliphatic hydroxyl groups is 1. The summed E-state index contributed by atoms with van der Waals surface area (Å²) in [6.45, 7) is 2.57. The quantitative estimate of drug-likeness (QED) is 0.906. The summed E-state index contributed by atoms with van der Waals surface area (Å²) >= 11 is 0. The van der Waals surface area contributed by atoms with E-state index in [2.05, 4.69) is 29.2 Å². The zero-order valence-electron chi connectivity index (χ0n) is 14.7. The smallest absolute Gasteiger partial charge is 0.152 e. The van der Waals surface area contributed by atoms with Crippen molar-refractivity contribution < 1.29 is 13.5 Å². The van der Waals surface area contributed by atoms with Crippen molar-refractivity contribution in [1.82, 2.24) is 4.90 Å². The molecule has 134 valence electrons. The summed E-state index contributed by atoms with van der Waals surface area (Å²) in [5.41, 5.74) is 0.321. The molecular formula is C19H29NO3S. The highest BCUT2D eigenvalue weighted by Crippen LogP contribution is 2.39. The van der Waals surface area contributed by atoms with Crippen molar-refractivity contribution in [2.24, 2.45) is 0 Å². The Hall–Kier alpha value is -0.910. The zero-order valence-corrected chi connectivity index (χ0v) is 15.6. The van der Waals surface area contributed by atoms with E-state index in [1.54, 1.807) is 0 Å². The normalized spacial score (nSPS) is 36.1. The number of rotatable bonds is 4. The van der Waals surface area contributed by atoms with Crippen molar-refractivity contribution in [2.45, 2.75) is 56.1 Å². The van der Waals surface area contributed by atoms with Gasteiger partial charge in [-0.3, -0.25) is 4.90 Å². The van der Waals surface area contributed by atoms with Crippen molar-refractivity contribution >= 4 is 9.84 Å². The third-order valence-electron chi connectivity index (χ3n) is 6.12. The van der Waals surface area contributed by atoms with Gasteiger partial charge in [0.1, 0.15) is 0 Å². The maximum Gasteiger partial charge on any atom is 0.152 e. The molecule has 1 saturated carbocycles. The van der Waals surface area contributed by atoms with Gasteiger partial charge in [-0.25, -0.2) is 8.42 Å². The molecule has 1 aliphatic heterocycles. The van der Waals surface area contributed by atoms with Crippen molar-refractivity contribution in [2.75, 3.05) is 25.1 Å². The molecule has 3 rings (SSSR count). The highest BCUT2D eigenvalue weighted by molar-refractivity contribution is 7.91. The van der Waals surface area contributed by atoms with E-state index in [9.17, 15) is 13.5 Å². The van der Waals surface area contributed by atoms with Crippen LogP contribution in [-0.2, 0) is 9.84 Å². The Morgan fingerprint density at radius 2 is 1.79 bits per heavy atom. The monoisotopic (exact) mass is 351 g/mol. The molecule has 24 heavy (non-hydrogen) atoms. The molecule has 0 radical (unpaired) electrons. The highest BCUT2D eigenvalue weighted by Gasteiger charge is 2.44. The van der Waals surface area contributed by atoms with Crippen LogP contribution >= 0.6 is 0 Å². The molecule has 0 amide bonds. The number of sulfone groups is 1. The lowest BCUT2D eigenvalue weighted by atomic mass is 9.75. The Kier molecular flexibility index (Phi) is 4.80. The van der Waals surface area contributed by atoms with E-state index in [4.69, 9.17) is 0 Å². The van der Waals surface area contributed by atoms with Gasteiger partial charge in [-0.15, -0.1) is 0 Å². The average Bonchev–Trinajstić information content (AvgIpc) is 2.83. The third-order valence-corrected chi connectivity index (χ3v) is 8.01. The third kappa shape index (κ3) is 3.84. The van der Waals surface area contributed by atoms with Crippen LogP contribution in [0.4, 0.5) is 0 Å². The summed E-state index contributed by atoms with van der Waals surface area (Å²) in [4.78, 5) is 2.08. The van der Waals surface area contributed by atoms with E-state index < -0.39 is 15.4 Å². The average molecular weight is 352 g/mol. The first-order valence-corrected chi connectivity index (χ1v) is 10.7. The van der Waals surface area contributed by atoms with E-state index in [0.717, 1.165) is 25.7 Å². The van der Waals surface area contributed by atoms with Crippen LogP contribution in [0, 0.1) is 0 Å². The largest absolute Gasteiger partial charge is 0.389 e. The van der Waals surface area contributed by atoms with Crippen molar-refractivity contribution in [1.29, 1.82) is 0 Å². The fraction of sp³-hybridized carbons (Fsp3) is 0.684. The molecule has 4 nitrogen and oxygen atoms in total. The van der Waals surface area contributed by atoms with Crippen LogP contribution in [0.5, 0.6) is 0 Å². The second-order valence-corrected chi connectivity index (χ2v) is 10.3. The molecule has 5 heteroatoms. The second-order valence-electron chi connectivity index (χ2n) is 8.10. The van der Waals surface area contributed by atoms with Gasteiger partial charge in [0.25, 0.3) is 0 Å². The van der Waals surface area contributed by atoms with Gasteiger partial charge in [-0.2, -0.15) is 0 Å². The van der Waals surface area contributed by atoms with Crippen molar-refractivity contribution in [3.63, 3.8) is 0 Å². The van der Waals surface area contributed by atoms with Crippen LogP contribution in [0.15, 0.2) is 30.3 Å². The van der Waals surface area contributed by atoms with Gasteiger partial charge in [0.2, 0.25) is 0 Å². The molecule has 1 aliphatic carbocycles. The minimum atomic E-state index is -2.93. The number of benzene rings is 1. The molecule has 1 unspecified atom stereocenters. The number of likely N-dealkylation sites (N-methyl/N-ethyl adjacent to an activating group) is 1. The number of hydrogen-bond acceptors (Lipinski definition) is 4. The van der Waals surface area contributed by atoms with E-state index in [1.165, 1.54) is 5.56 Å². The van der Waals surface area contributed by atoms with Gasteiger partial charge in [-0.1, -0.05) is 30.3 Å². The first-order chi connectivity index (χ1) is 11.2. The summed E-state index contributed by atoms with van der Waals surface area (Å²) < 4.78 is 23.7. The van der Waals surface area contributed by atoms with Crippen LogP contribution in [0.2, 0.25) is 0 Å². The van der Waals surface area contributed by atoms with E-state index in [-0.39, 0.29) is 17.0 Å². The topological polar surface area (TPSA) is 57.6 Å². The first kappa shape index (κ1) is 17.9. The van der Waals surface area contributed by atoms with Crippen molar-refractivity contribution in [3.05, 3.63) is 35.9 Å². The molecule has 2 fully saturated rings.